The van der Waals surface area contributed by atoms with E-state index in [1.807, 2.05) is 24.3 Å². The van der Waals surface area contributed by atoms with Crippen LogP contribution in [0.25, 0.3) is 0 Å². The second kappa shape index (κ2) is 4.37. The Hall–Kier alpha value is -1.55. The van der Waals surface area contributed by atoms with E-state index >= 15 is 0 Å². The summed E-state index contributed by atoms with van der Waals surface area (Å²) in [4.78, 5) is 13.7. The highest BCUT2D eigenvalue weighted by atomic mass is 16.5. The number of anilines is 1. The van der Waals surface area contributed by atoms with Gasteiger partial charge in [0.2, 0.25) is 5.91 Å². The van der Waals surface area contributed by atoms with Gasteiger partial charge in [-0.1, -0.05) is 0 Å². The summed E-state index contributed by atoms with van der Waals surface area (Å²) in [5, 5.41) is 9.24. The number of nitrogens with zero attached hydrogens (tertiary/aromatic N) is 1. The van der Waals surface area contributed by atoms with Gasteiger partial charge in [0.1, 0.15) is 5.75 Å². The summed E-state index contributed by atoms with van der Waals surface area (Å²) in [5.74, 6) is 0.753. The summed E-state index contributed by atoms with van der Waals surface area (Å²) in [6.07, 6.45) is 1.56. The third kappa shape index (κ3) is 2.13. The molecular formula is C13H17NO3. The normalized spacial score (nSPS) is 16.4. The zero-order valence-corrected chi connectivity index (χ0v) is 10.1. The van der Waals surface area contributed by atoms with E-state index in [9.17, 15) is 9.90 Å². The Bertz CT molecular complexity index is 409. The van der Waals surface area contributed by atoms with Crippen LogP contribution in [0.4, 0.5) is 5.69 Å². The molecular weight excluding hydrogens is 218 g/mol. The lowest BCUT2D eigenvalue weighted by Gasteiger charge is -2.22. The van der Waals surface area contributed by atoms with Gasteiger partial charge < -0.3 is 14.7 Å². The molecule has 0 aliphatic heterocycles. The minimum Gasteiger partial charge on any atom is -0.497 e. The van der Waals surface area contributed by atoms with Crippen LogP contribution in [0.1, 0.15) is 12.8 Å². The average Bonchev–Trinajstić information content (AvgIpc) is 3.18. The first-order valence-corrected chi connectivity index (χ1v) is 5.66. The zero-order valence-electron chi connectivity index (χ0n) is 10.1. The van der Waals surface area contributed by atoms with E-state index in [1.54, 1.807) is 19.1 Å². The molecule has 1 saturated carbocycles. The molecule has 1 aromatic rings. The number of carbonyl (C=O) groups excluding carboxylic acids is 1. The molecule has 2 rings (SSSR count). The first kappa shape index (κ1) is 11.9. The van der Waals surface area contributed by atoms with Crippen molar-refractivity contribution < 1.29 is 14.6 Å². The van der Waals surface area contributed by atoms with E-state index in [1.165, 1.54) is 0 Å². The van der Waals surface area contributed by atoms with E-state index in [2.05, 4.69) is 0 Å². The quantitative estimate of drug-likeness (QED) is 0.859. The van der Waals surface area contributed by atoms with E-state index in [0.717, 1.165) is 24.3 Å². The SMILES string of the molecule is COc1ccc(N(C)C(=O)C2(CO)CC2)cc1. The Morgan fingerprint density at radius 2 is 2.00 bits per heavy atom. The number of amides is 1. The van der Waals surface area contributed by atoms with Crippen LogP contribution < -0.4 is 9.64 Å². The van der Waals surface area contributed by atoms with Gasteiger partial charge in [-0.2, -0.15) is 0 Å². The van der Waals surface area contributed by atoms with Gasteiger partial charge in [0.25, 0.3) is 0 Å². The summed E-state index contributed by atoms with van der Waals surface area (Å²) in [6, 6.07) is 7.31. The van der Waals surface area contributed by atoms with Crippen LogP contribution in [-0.2, 0) is 4.79 Å². The van der Waals surface area contributed by atoms with Crippen molar-refractivity contribution in [2.45, 2.75) is 12.8 Å². The van der Waals surface area contributed by atoms with Crippen molar-refractivity contribution in [1.82, 2.24) is 0 Å². The van der Waals surface area contributed by atoms with Crippen molar-refractivity contribution in [1.29, 1.82) is 0 Å². The van der Waals surface area contributed by atoms with Crippen molar-refractivity contribution in [3.8, 4) is 5.75 Å². The predicted molar refractivity (Wildman–Crippen MR) is 65.2 cm³/mol. The molecule has 0 bridgehead atoms. The number of aliphatic hydroxyl groups excluding tert-OH is 1. The zero-order chi connectivity index (χ0) is 12.5. The molecule has 4 nitrogen and oxygen atoms in total. The fourth-order valence-corrected chi connectivity index (χ4v) is 1.87. The smallest absolute Gasteiger partial charge is 0.235 e. The highest BCUT2D eigenvalue weighted by Crippen LogP contribution is 2.47. The van der Waals surface area contributed by atoms with Gasteiger partial charge in [-0.05, 0) is 37.1 Å². The summed E-state index contributed by atoms with van der Waals surface area (Å²) in [6.45, 7) is -0.0632. The maximum absolute atomic E-state index is 12.1. The Kier molecular flexibility index (Phi) is 3.07. The monoisotopic (exact) mass is 235 g/mol. The highest BCUT2D eigenvalue weighted by molar-refractivity contribution is 5.99. The number of ether oxygens (including phenoxy) is 1. The summed E-state index contributed by atoms with van der Waals surface area (Å²) >= 11 is 0. The second-order valence-corrected chi connectivity index (χ2v) is 4.50. The van der Waals surface area contributed by atoms with Crippen molar-refractivity contribution in [2.75, 3.05) is 25.7 Å². The molecule has 4 heteroatoms. The van der Waals surface area contributed by atoms with Crippen LogP contribution in [0, 0.1) is 5.41 Å². The summed E-state index contributed by atoms with van der Waals surface area (Å²) < 4.78 is 5.07. The number of aliphatic hydroxyl groups is 1. The Balaban J connectivity index is 2.13. The van der Waals surface area contributed by atoms with E-state index in [4.69, 9.17) is 4.74 Å². The van der Waals surface area contributed by atoms with Gasteiger partial charge in [0.15, 0.2) is 0 Å². The van der Waals surface area contributed by atoms with Crippen molar-refractivity contribution in [2.24, 2.45) is 5.41 Å². The Morgan fingerprint density at radius 3 is 2.41 bits per heavy atom. The van der Waals surface area contributed by atoms with E-state index in [0.29, 0.717) is 0 Å². The lowest BCUT2D eigenvalue weighted by Crippen LogP contribution is -2.36. The number of hydrogen-bond donors (Lipinski definition) is 1. The van der Waals surface area contributed by atoms with Crippen LogP contribution in [0.15, 0.2) is 24.3 Å². The number of carbonyl (C=O) groups is 1. The molecule has 0 spiro atoms. The largest absolute Gasteiger partial charge is 0.497 e. The third-order valence-electron chi connectivity index (χ3n) is 3.37. The molecule has 0 saturated heterocycles. The standard InChI is InChI=1S/C13H17NO3/c1-14(12(16)13(9-15)7-8-13)10-3-5-11(17-2)6-4-10/h3-6,15H,7-9H2,1-2H3. The molecule has 0 unspecified atom stereocenters. The van der Waals surface area contributed by atoms with E-state index in [-0.39, 0.29) is 12.5 Å². The average molecular weight is 235 g/mol. The molecule has 0 aromatic heterocycles. The lowest BCUT2D eigenvalue weighted by atomic mass is 10.1. The highest BCUT2D eigenvalue weighted by Gasteiger charge is 2.50. The molecule has 17 heavy (non-hydrogen) atoms. The number of benzene rings is 1. The summed E-state index contributed by atoms with van der Waals surface area (Å²) in [7, 11) is 3.34. The van der Waals surface area contributed by atoms with Gasteiger partial charge in [-0.15, -0.1) is 0 Å². The van der Waals surface area contributed by atoms with Crippen LogP contribution in [0.5, 0.6) is 5.75 Å². The molecule has 0 heterocycles. The molecule has 1 N–H and O–H groups in total. The van der Waals surface area contributed by atoms with Crippen molar-refractivity contribution in [3.63, 3.8) is 0 Å². The van der Waals surface area contributed by atoms with E-state index < -0.39 is 5.41 Å². The number of methoxy groups -OCH3 is 1. The van der Waals surface area contributed by atoms with Crippen LogP contribution in [0.3, 0.4) is 0 Å². The fraction of sp³-hybridized carbons (Fsp3) is 0.462. The summed E-state index contributed by atoms with van der Waals surface area (Å²) in [5.41, 5.74) is 0.296. The second-order valence-electron chi connectivity index (χ2n) is 4.50. The molecule has 0 atom stereocenters. The molecule has 1 fully saturated rings. The van der Waals surface area contributed by atoms with Gasteiger partial charge >= 0.3 is 0 Å². The van der Waals surface area contributed by atoms with Gasteiger partial charge in [-0.25, -0.2) is 0 Å². The molecule has 1 aromatic carbocycles. The topological polar surface area (TPSA) is 49.8 Å². The first-order valence-electron chi connectivity index (χ1n) is 5.66. The Labute approximate surface area is 101 Å². The van der Waals surface area contributed by atoms with Crippen molar-refractivity contribution in [3.05, 3.63) is 24.3 Å². The third-order valence-corrected chi connectivity index (χ3v) is 3.37. The van der Waals surface area contributed by atoms with Gasteiger partial charge in [0, 0.05) is 12.7 Å². The van der Waals surface area contributed by atoms with Crippen molar-refractivity contribution >= 4 is 11.6 Å². The molecule has 92 valence electrons. The first-order chi connectivity index (χ1) is 8.13. The van der Waals surface area contributed by atoms with Crippen LogP contribution in [0.2, 0.25) is 0 Å². The maximum Gasteiger partial charge on any atom is 0.235 e. The minimum atomic E-state index is -0.519. The van der Waals surface area contributed by atoms with Gasteiger partial charge in [0.05, 0.1) is 19.1 Å². The molecule has 1 aliphatic carbocycles. The molecule has 1 amide bonds. The number of rotatable bonds is 4. The minimum absolute atomic E-state index is 0.00910. The van der Waals surface area contributed by atoms with Gasteiger partial charge in [-0.3, -0.25) is 4.79 Å². The predicted octanol–water partition coefficient (Wildman–Crippen LogP) is 1.43. The maximum atomic E-state index is 12.1. The van der Waals surface area contributed by atoms with Crippen LogP contribution >= 0.6 is 0 Å². The molecule has 0 radical (unpaired) electrons. The molecule has 1 aliphatic rings. The fourth-order valence-electron chi connectivity index (χ4n) is 1.87. The number of hydrogen-bond acceptors (Lipinski definition) is 3. The van der Waals surface area contributed by atoms with Crippen LogP contribution in [-0.4, -0.2) is 31.8 Å². The Morgan fingerprint density at radius 1 is 1.41 bits per heavy atom. The lowest BCUT2D eigenvalue weighted by molar-refractivity contribution is -0.124.